The Hall–Kier alpha value is -6.29. The number of carbonyl (C=O) groups excluding carboxylic acids is 4. The Labute approximate surface area is 319 Å². The minimum absolute atomic E-state index is 0.0579. The number of likely N-dealkylation sites (tertiary alicyclic amines) is 1. The number of carbonyl (C=O) groups is 4. The van der Waals surface area contributed by atoms with Gasteiger partial charge in [0, 0.05) is 42.8 Å². The van der Waals surface area contributed by atoms with E-state index in [1.54, 1.807) is 35.4 Å². The minimum Gasteiger partial charge on any atom is -0.339 e. The Morgan fingerprint density at radius 1 is 0.875 bits per heavy atom. The van der Waals surface area contributed by atoms with Gasteiger partial charge in [0.1, 0.15) is 5.02 Å². The molecule has 0 atom stereocenters. The van der Waals surface area contributed by atoms with Crippen LogP contribution in [0.25, 0.3) is 0 Å². The number of alkyl halides is 6. The Morgan fingerprint density at radius 3 is 2.27 bits per heavy atom. The molecule has 56 heavy (non-hydrogen) atoms. The fraction of sp³-hybridized carbons (Fsp3) is 0.278. The molecule has 13 nitrogen and oxygen atoms in total. The van der Waals surface area contributed by atoms with Crippen LogP contribution in [0.15, 0.2) is 67.1 Å². The molecule has 2 aliphatic heterocycles. The fourth-order valence-electron chi connectivity index (χ4n) is 5.68. The van der Waals surface area contributed by atoms with Crippen molar-refractivity contribution in [2.24, 2.45) is 5.92 Å². The molecule has 6 bridgehead atoms. The van der Waals surface area contributed by atoms with Gasteiger partial charge >= 0.3 is 30.0 Å². The van der Waals surface area contributed by atoms with E-state index in [0.29, 0.717) is 54.0 Å². The number of fused-ring (bicyclic) bond motifs is 6. The van der Waals surface area contributed by atoms with Crippen molar-refractivity contribution in [3.8, 4) is 6.07 Å². The second-order valence-corrected chi connectivity index (χ2v) is 13.0. The van der Waals surface area contributed by atoms with Crippen LogP contribution in [0.4, 0.5) is 65.7 Å². The average molecular weight is 802 g/mol. The molecule has 4 heterocycles. The number of hydrogen-bond donors (Lipinski definition) is 4. The smallest absolute Gasteiger partial charge is 0.339 e. The number of nitriles is 1. The third-order valence-electron chi connectivity index (χ3n) is 8.46. The van der Waals surface area contributed by atoms with E-state index in [-0.39, 0.29) is 17.9 Å². The van der Waals surface area contributed by atoms with E-state index < -0.39 is 23.9 Å². The SMILES string of the molecule is N#Cc1cccc(NC(=O)N2CCC(CC(=O)Nc3ccc4cc3CCc3cncc(c3)Nc3ncc(Cl)c(n3)N4)CC2)c1.O=C(C(=O)C(F)(F)F)C(F)(F)F. The molecule has 1 saturated heterocycles. The summed E-state index contributed by atoms with van der Waals surface area (Å²) in [6, 6.07) is 16.5. The third-order valence-corrected chi connectivity index (χ3v) is 8.74. The molecule has 0 radical (unpaired) electrons. The number of urea groups is 1. The normalized spacial score (nSPS) is 14.1. The first-order valence-corrected chi connectivity index (χ1v) is 17.1. The topological polar surface area (TPSA) is 182 Å². The summed E-state index contributed by atoms with van der Waals surface area (Å²) in [5.74, 6) is -5.84. The summed E-state index contributed by atoms with van der Waals surface area (Å²) >= 11 is 6.38. The van der Waals surface area contributed by atoms with Crippen LogP contribution < -0.4 is 21.3 Å². The van der Waals surface area contributed by atoms with Crippen molar-refractivity contribution in [3.63, 3.8) is 0 Å². The molecule has 0 unspecified atom stereocenters. The van der Waals surface area contributed by atoms with Crippen LogP contribution in [0.5, 0.6) is 0 Å². The molecule has 4 N–H and O–H groups in total. The van der Waals surface area contributed by atoms with Crippen LogP contribution in [0.3, 0.4) is 0 Å². The molecule has 0 aliphatic carbocycles. The number of Topliss-reactive ketones (excluding diaryl/α,β-unsaturated/α-hetero) is 2. The van der Waals surface area contributed by atoms with Gasteiger partial charge in [0.2, 0.25) is 11.9 Å². The number of piperidine rings is 1. The number of nitrogens with zero attached hydrogens (tertiary/aromatic N) is 5. The number of anilines is 6. The number of pyridine rings is 1. The summed E-state index contributed by atoms with van der Waals surface area (Å²) < 4.78 is 67.0. The van der Waals surface area contributed by atoms with Gasteiger partial charge in [-0.25, -0.2) is 9.78 Å². The quantitative estimate of drug-likeness (QED) is 0.117. The van der Waals surface area contributed by atoms with Gasteiger partial charge in [-0.05, 0) is 85.2 Å². The lowest BCUT2D eigenvalue weighted by molar-refractivity contribution is -0.193. The summed E-state index contributed by atoms with van der Waals surface area (Å²) in [7, 11) is 0. The molecule has 6 rings (SSSR count). The number of ketones is 2. The van der Waals surface area contributed by atoms with Gasteiger partial charge in [-0.3, -0.25) is 19.4 Å². The minimum atomic E-state index is -5.77. The molecular weight excluding hydrogens is 772 g/mol. The van der Waals surface area contributed by atoms with Crippen molar-refractivity contribution in [1.29, 1.82) is 5.26 Å². The van der Waals surface area contributed by atoms with Crippen LogP contribution in [0.1, 0.15) is 36.0 Å². The molecule has 4 aromatic rings. The lowest BCUT2D eigenvalue weighted by Crippen LogP contribution is -2.41. The Bertz CT molecular complexity index is 2150. The van der Waals surface area contributed by atoms with E-state index in [2.05, 4.69) is 42.3 Å². The van der Waals surface area contributed by atoms with E-state index in [9.17, 15) is 45.5 Å². The summed E-state index contributed by atoms with van der Waals surface area (Å²) in [6.07, 6.45) is -3.23. The van der Waals surface area contributed by atoms with Crippen LogP contribution >= 0.6 is 11.6 Å². The number of amides is 3. The zero-order valence-electron chi connectivity index (χ0n) is 28.9. The number of nitrogens with one attached hydrogen (secondary N) is 4. The highest BCUT2D eigenvalue weighted by molar-refractivity contribution is 6.41. The van der Waals surface area contributed by atoms with Crippen molar-refractivity contribution in [1.82, 2.24) is 19.9 Å². The average Bonchev–Trinajstić information content (AvgIpc) is 3.15. The monoisotopic (exact) mass is 801 g/mol. The highest BCUT2D eigenvalue weighted by Gasteiger charge is 2.54. The van der Waals surface area contributed by atoms with E-state index in [4.69, 9.17) is 16.9 Å². The Balaban J connectivity index is 0.000000433. The van der Waals surface area contributed by atoms with Crippen LogP contribution in [0.2, 0.25) is 5.02 Å². The summed E-state index contributed by atoms with van der Waals surface area (Å²) in [5.41, 5.74) is 5.40. The van der Waals surface area contributed by atoms with E-state index in [1.807, 2.05) is 30.5 Å². The molecule has 2 aromatic carbocycles. The number of rotatable bonds is 5. The van der Waals surface area contributed by atoms with Gasteiger partial charge in [-0.1, -0.05) is 17.7 Å². The number of benzene rings is 2. The molecule has 3 amide bonds. The predicted octanol–water partition coefficient (Wildman–Crippen LogP) is 7.50. The number of halogens is 7. The highest BCUT2D eigenvalue weighted by Crippen LogP contribution is 2.30. The maximum Gasteiger partial charge on any atom is 0.458 e. The standard InChI is InChI=1S/C32H30ClN9O2.C4F6O2/c33-27-19-36-31-38-26-13-22(17-35-18-26)4-5-23-15-25(37-30(27)41-31)6-7-28(23)40-29(43)14-20-8-10-42(11-9-20)32(44)39-24-3-1-2-21(12-24)16-34;5-3(6,7)1(11)2(12)4(8,9)10/h1-3,6-7,12-13,15,17-20H,4-5,8-11,14H2,(H,39,44)(H,40,43)(H2,36,37,38,41);. The second-order valence-electron chi connectivity index (χ2n) is 12.6. The fourth-order valence-corrected chi connectivity index (χ4v) is 5.82. The Kier molecular flexibility index (Phi) is 12.7. The number of aromatic nitrogens is 3. The summed E-state index contributed by atoms with van der Waals surface area (Å²) in [5, 5.41) is 21.9. The molecule has 0 saturated carbocycles. The van der Waals surface area contributed by atoms with Gasteiger partial charge in [0.05, 0.1) is 29.7 Å². The number of aryl methyl sites for hydroxylation is 2. The first kappa shape index (κ1) is 40.9. The molecule has 2 aromatic heterocycles. The number of hydrogen-bond acceptors (Lipinski definition) is 10. The molecule has 20 heteroatoms. The zero-order chi connectivity index (χ0) is 40.6. The van der Waals surface area contributed by atoms with Crippen molar-refractivity contribution in [2.45, 2.75) is 44.5 Å². The lowest BCUT2D eigenvalue weighted by atomic mass is 9.93. The van der Waals surface area contributed by atoms with E-state index >= 15 is 0 Å². The molecular formula is C36H30ClF6N9O4. The van der Waals surface area contributed by atoms with Gasteiger partial charge in [-0.2, -0.15) is 36.6 Å². The van der Waals surface area contributed by atoms with E-state index in [0.717, 1.165) is 47.5 Å². The maximum absolute atomic E-state index is 13.2. The highest BCUT2D eigenvalue weighted by atomic mass is 35.5. The second kappa shape index (κ2) is 17.5. The molecule has 1 fully saturated rings. The van der Waals surface area contributed by atoms with Crippen molar-refractivity contribution in [3.05, 3.63) is 88.8 Å². The van der Waals surface area contributed by atoms with Crippen molar-refractivity contribution in [2.75, 3.05) is 34.4 Å². The zero-order valence-corrected chi connectivity index (χ0v) is 29.6. The molecule has 0 spiro atoms. The first-order valence-electron chi connectivity index (χ1n) is 16.7. The molecule has 292 valence electrons. The summed E-state index contributed by atoms with van der Waals surface area (Å²) in [6.45, 7) is 1.12. The van der Waals surface area contributed by atoms with Gasteiger partial charge in [0.15, 0.2) is 5.82 Å². The van der Waals surface area contributed by atoms with Crippen molar-refractivity contribution < 1.29 is 45.5 Å². The predicted molar refractivity (Wildman–Crippen MR) is 192 cm³/mol. The van der Waals surface area contributed by atoms with Gasteiger partial charge in [-0.15, -0.1) is 0 Å². The van der Waals surface area contributed by atoms with E-state index in [1.165, 1.54) is 6.20 Å². The van der Waals surface area contributed by atoms with Crippen LogP contribution in [0, 0.1) is 17.2 Å². The van der Waals surface area contributed by atoms with Crippen LogP contribution in [-0.2, 0) is 27.2 Å². The van der Waals surface area contributed by atoms with Crippen molar-refractivity contribution >= 4 is 69.6 Å². The third kappa shape index (κ3) is 11.1. The summed E-state index contributed by atoms with van der Waals surface area (Å²) in [4.78, 5) is 60.1. The lowest BCUT2D eigenvalue weighted by Gasteiger charge is -2.31. The van der Waals surface area contributed by atoms with Crippen LogP contribution in [-0.4, -0.2) is 68.8 Å². The molecule has 2 aliphatic rings. The first-order chi connectivity index (χ1) is 26.5. The maximum atomic E-state index is 13.2. The Morgan fingerprint density at radius 2 is 1.59 bits per heavy atom. The van der Waals surface area contributed by atoms with Gasteiger partial charge < -0.3 is 26.2 Å². The van der Waals surface area contributed by atoms with Gasteiger partial charge in [0.25, 0.3) is 0 Å². The largest absolute Gasteiger partial charge is 0.458 e.